The molecule has 0 bridgehead atoms. The largest absolute Gasteiger partial charge is 0.440 e. The maximum atomic E-state index is 5.70. The molecule has 0 amide bonds. The van der Waals surface area contributed by atoms with Crippen LogP contribution in [0.4, 0.5) is 0 Å². The number of hydrogen-bond acceptors (Lipinski definition) is 5. The average molecular weight is 226 g/mol. The van der Waals surface area contributed by atoms with Gasteiger partial charge in [-0.15, -0.1) is 11.3 Å². The average Bonchev–Trinajstić information content (AvgIpc) is 2.86. The molecule has 0 radical (unpaired) electrons. The predicted octanol–water partition coefficient (Wildman–Crippen LogP) is 2.53. The van der Waals surface area contributed by atoms with Crippen molar-refractivity contribution in [2.45, 2.75) is 10.5 Å². The summed E-state index contributed by atoms with van der Waals surface area (Å²) in [5.41, 5.74) is 5.70. The third kappa shape index (κ3) is 2.17. The zero-order valence-electron chi connectivity index (χ0n) is 7.42. The second kappa shape index (κ2) is 4.63. The highest BCUT2D eigenvalue weighted by molar-refractivity contribution is 7.99. The third-order valence-electron chi connectivity index (χ3n) is 1.73. The molecular weight excluding hydrogens is 216 g/mol. The molecule has 2 rings (SSSR count). The summed E-state index contributed by atoms with van der Waals surface area (Å²) in [6, 6.07) is 4.11. The van der Waals surface area contributed by atoms with E-state index in [9.17, 15) is 0 Å². The van der Waals surface area contributed by atoms with Gasteiger partial charge in [0, 0.05) is 11.4 Å². The number of nitrogens with zero attached hydrogens (tertiary/aromatic N) is 1. The summed E-state index contributed by atoms with van der Waals surface area (Å²) in [6.45, 7) is 0.591. The van der Waals surface area contributed by atoms with Gasteiger partial charge in [0.15, 0.2) is 0 Å². The van der Waals surface area contributed by atoms with Crippen molar-refractivity contribution in [1.29, 1.82) is 0 Å². The van der Waals surface area contributed by atoms with Crippen LogP contribution in [0.2, 0.25) is 0 Å². The summed E-state index contributed by atoms with van der Waals surface area (Å²) < 4.78 is 5.16. The highest BCUT2D eigenvalue weighted by Gasteiger charge is 2.14. The van der Waals surface area contributed by atoms with E-state index >= 15 is 0 Å². The van der Waals surface area contributed by atoms with Crippen LogP contribution >= 0.6 is 23.1 Å². The van der Waals surface area contributed by atoms with Gasteiger partial charge in [-0.05, 0) is 11.4 Å². The lowest BCUT2D eigenvalue weighted by Crippen LogP contribution is -2.07. The van der Waals surface area contributed by atoms with Crippen LogP contribution in [0.5, 0.6) is 0 Å². The maximum absolute atomic E-state index is 5.70. The van der Waals surface area contributed by atoms with Gasteiger partial charge in [-0.3, -0.25) is 0 Å². The molecule has 2 heterocycles. The number of thiophene rings is 1. The minimum Gasteiger partial charge on any atom is -0.440 e. The molecule has 1 unspecified atom stereocenters. The molecule has 0 aliphatic rings. The molecule has 14 heavy (non-hydrogen) atoms. The summed E-state index contributed by atoms with van der Waals surface area (Å²) in [7, 11) is 0. The number of oxazole rings is 1. The van der Waals surface area contributed by atoms with Crippen molar-refractivity contribution in [2.24, 2.45) is 5.73 Å². The van der Waals surface area contributed by atoms with Gasteiger partial charge in [-0.25, -0.2) is 4.98 Å². The second-order valence-electron chi connectivity index (χ2n) is 2.66. The zero-order valence-corrected chi connectivity index (χ0v) is 9.05. The molecule has 0 spiro atoms. The van der Waals surface area contributed by atoms with Crippen LogP contribution in [0.3, 0.4) is 0 Å². The van der Waals surface area contributed by atoms with E-state index in [2.05, 4.69) is 11.1 Å². The fourth-order valence-electron chi connectivity index (χ4n) is 1.09. The second-order valence-corrected chi connectivity index (χ2v) is 4.79. The molecule has 0 fully saturated rings. The molecule has 3 nitrogen and oxygen atoms in total. The van der Waals surface area contributed by atoms with Crippen LogP contribution in [0.15, 0.2) is 39.6 Å². The predicted molar refractivity (Wildman–Crippen MR) is 58.5 cm³/mol. The van der Waals surface area contributed by atoms with Crippen molar-refractivity contribution in [3.8, 4) is 0 Å². The number of nitrogens with two attached hydrogens (primary N) is 1. The van der Waals surface area contributed by atoms with Gasteiger partial charge in [-0.1, -0.05) is 17.8 Å². The summed E-state index contributed by atoms with van der Waals surface area (Å²) in [5.74, 6) is 0. The van der Waals surface area contributed by atoms with Crippen molar-refractivity contribution in [2.75, 3.05) is 6.54 Å². The fraction of sp³-hybridized carbons (Fsp3) is 0.222. The Morgan fingerprint density at radius 2 is 2.57 bits per heavy atom. The Hall–Kier alpha value is -0.780. The van der Waals surface area contributed by atoms with E-state index < -0.39 is 0 Å². The molecule has 5 heteroatoms. The Bertz CT molecular complexity index is 358. The van der Waals surface area contributed by atoms with Gasteiger partial charge >= 0.3 is 0 Å². The molecule has 0 saturated heterocycles. The van der Waals surface area contributed by atoms with Crippen molar-refractivity contribution < 1.29 is 4.42 Å². The Morgan fingerprint density at radius 3 is 3.14 bits per heavy atom. The minimum atomic E-state index is 0.244. The maximum Gasteiger partial charge on any atom is 0.256 e. The van der Waals surface area contributed by atoms with Gasteiger partial charge in [0.25, 0.3) is 5.22 Å². The normalized spacial score (nSPS) is 12.9. The van der Waals surface area contributed by atoms with Gasteiger partial charge in [0.05, 0.1) is 11.4 Å². The monoisotopic (exact) mass is 226 g/mol. The topological polar surface area (TPSA) is 52.0 Å². The highest BCUT2D eigenvalue weighted by Crippen LogP contribution is 2.35. The molecule has 0 aromatic carbocycles. The van der Waals surface area contributed by atoms with Crippen molar-refractivity contribution in [3.63, 3.8) is 0 Å². The summed E-state index contributed by atoms with van der Waals surface area (Å²) in [5, 5.41) is 2.97. The number of rotatable bonds is 4. The Balaban J connectivity index is 2.08. The molecule has 0 saturated carbocycles. The minimum absolute atomic E-state index is 0.244. The lowest BCUT2D eigenvalue weighted by molar-refractivity contribution is 0.453. The Morgan fingerprint density at radius 1 is 1.64 bits per heavy atom. The number of thioether (sulfide) groups is 1. The zero-order chi connectivity index (χ0) is 9.80. The van der Waals surface area contributed by atoms with E-state index in [0.29, 0.717) is 11.8 Å². The first-order valence-electron chi connectivity index (χ1n) is 4.20. The van der Waals surface area contributed by atoms with E-state index in [1.165, 1.54) is 4.88 Å². The first-order valence-corrected chi connectivity index (χ1v) is 5.95. The highest BCUT2D eigenvalue weighted by atomic mass is 32.2. The quantitative estimate of drug-likeness (QED) is 0.814. The molecule has 0 aliphatic heterocycles. The van der Waals surface area contributed by atoms with Gasteiger partial charge in [-0.2, -0.15) is 0 Å². The summed E-state index contributed by atoms with van der Waals surface area (Å²) in [6.07, 6.45) is 3.22. The SMILES string of the molecule is NCC(Sc1ncco1)c1cccs1. The van der Waals surface area contributed by atoms with Crippen molar-refractivity contribution >= 4 is 23.1 Å². The fourth-order valence-corrected chi connectivity index (χ4v) is 2.88. The van der Waals surface area contributed by atoms with Crippen molar-refractivity contribution in [3.05, 3.63) is 34.8 Å². The molecule has 2 aromatic rings. The lowest BCUT2D eigenvalue weighted by atomic mass is 10.3. The summed E-state index contributed by atoms with van der Waals surface area (Å²) >= 11 is 3.27. The van der Waals surface area contributed by atoms with Gasteiger partial charge in [0.1, 0.15) is 6.26 Å². The molecule has 0 aliphatic carbocycles. The molecule has 2 N–H and O–H groups in total. The number of hydrogen-bond donors (Lipinski definition) is 1. The van der Waals surface area contributed by atoms with Gasteiger partial charge in [0.2, 0.25) is 0 Å². The van der Waals surface area contributed by atoms with Crippen LogP contribution in [0, 0.1) is 0 Å². The van der Waals surface area contributed by atoms with E-state index in [1.54, 1.807) is 35.6 Å². The third-order valence-corrected chi connectivity index (χ3v) is 4.00. The Kier molecular flexibility index (Phi) is 3.23. The summed E-state index contributed by atoms with van der Waals surface area (Å²) in [4.78, 5) is 5.32. The lowest BCUT2D eigenvalue weighted by Gasteiger charge is -2.08. The molecule has 1 atom stereocenters. The van der Waals surface area contributed by atoms with Crippen LogP contribution in [-0.2, 0) is 0 Å². The smallest absolute Gasteiger partial charge is 0.256 e. The first kappa shape index (κ1) is 9.76. The molecular formula is C9H10N2OS2. The van der Waals surface area contributed by atoms with Gasteiger partial charge < -0.3 is 10.2 Å². The van der Waals surface area contributed by atoms with Crippen LogP contribution in [0.1, 0.15) is 10.1 Å². The van der Waals surface area contributed by atoms with E-state index in [0.717, 1.165) is 0 Å². The first-order chi connectivity index (χ1) is 6.90. The van der Waals surface area contributed by atoms with Crippen LogP contribution in [-0.4, -0.2) is 11.5 Å². The van der Waals surface area contributed by atoms with Crippen LogP contribution in [0.25, 0.3) is 0 Å². The molecule has 74 valence electrons. The van der Waals surface area contributed by atoms with E-state index in [-0.39, 0.29) is 5.25 Å². The standard InChI is InChI=1S/C9H10N2OS2/c10-6-8(7-2-1-5-13-7)14-9-11-3-4-12-9/h1-5,8H,6,10H2. The van der Waals surface area contributed by atoms with E-state index in [1.807, 2.05) is 11.4 Å². The Labute approximate surface area is 90.3 Å². The van der Waals surface area contributed by atoms with E-state index in [4.69, 9.17) is 10.2 Å². The molecule has 2 aromatic heterocycles. The number of aromatic nitrogens is 1. The van der Waals surface area contributed by atoms with Crippen molar-refractivity contribution in [1.82, 2.24) is 4.98 Å². The van der Waals surface area contributed by atoms with Crippen LogP contribution < -0.4 is 5.73 Å².